The first-order valence-electron chi connectivity index (χ1n) is 12.3. The largest absolute Gasteiger partial charge is 0.380 e. The molecule has 190 valence electrons. The number of carbonyl (C=O) groups is 2. The lowest BCUT2D eigenvalue weighted by atomic mass is 9.91. The molecule has 37 heavy (non-hydrogen) atoms. The Kier molecular flexibility index (Phi) is 7.41. The molecule has 3 aromatic rings. The summed E-state index contributed by atoms with van der Waals surface area (Å²) in [6.45, 7) is 2.50. The fourth-order valence-corrected chi connectivity index (χ4v) is 6.03. The first kappa shape index (κ1) is 25.2. The molecular formula is C29H29N3O4S. The fraction of sp³-hybridized carbons (Fsp3) is 0.276. The van der Waals surface area contributed by atoms with Gasteiger partial charge in [0, 0.05) is 36.7 Å². The van der Waals surface area contributed by atoms with Crippen molar-refractivity contribution in [3.05, 3.63) is 112 Å². The number of pyridine rings is 1. The highest BCUT2D eigenvalue weighted by atomic mass is 32.2. The van der Waals surface area contributed by atoms with Gasteiger partial charge in [-0.3, -0.25) is 14.6 Å². The molecule has 2 aromatic carbocycles. The average Bonchev–Trinajstić information content (AvgIpc) is 3.60. The lowest BCUT2D eigenvalue weighted by Gasteiger charge is -2.24. The molecule has 3 N–H and O–H groups in total. The molecule has 5 unspecified atom stereocenters. The number of nitrogens with one attached hydrogen (secondary N) is 1. The minimum absolute atomic E-state index is 0.251. The van der Waals surface area contributed by atoms with Gasteiger partial charge in [0.25, 0.3) is 11.8 Å². The van der Waals surface area contributed by atoms with Crippen molar-refractivity contribution in [3.63, 3.8) is 0 Å². The maximum Gasteiger partial charge on any atom is 0.255 e. The van der Waals surface area contributed by atoms with E-state index >= 15 is 0 Å². The Labute approximate surface area is 220 Å². The molecule has 0 bridgehead atoms. The summed E-state index contributed by atoms with van der Waals surface area (Å²) in [5, 5.41) is 26.0. The number of carbonyl (C=O) groups excluding carboxylic acids is 2. The van der Waals surface area contributed by atoms with E-state index in [-0.39, 0.29) is 11.2 Å². The highest BCUT2D eigenvalue weighted by molar-refractivity contribution is 8.02. The molecule has 2 amide bonds. The average molecular weight is 516 g/mol. The molecule has 2 aliphatic rings. The van der Waals surface area contributed by atoms with Gasteiger partial charge >= 0.3 is 0 Å². The van der Waals surface area contributed by atoms with Crippen LogP contribution in [0.25, 0.3) is 0 Å². The molecule has 0 saturated heterocycles. The van der Waals surface area contributed by atoms with E-state index in [1.54, 1.807) is 31.1 Å². The van der Waals surface area contributed by atoms with Crippen molar-refractivity contribution in [3.8, 4) is 0 Å². The quantitative estimate of drug-likeness (QED) is 0.444. The molecule has 0 aliphatic carbocycles. The van der Waals surface area contributed by atoms with E-state index in [2.05, 4.69) is 33.9 Å². The van der Waals surface area contributed by atoms with Gasteiger partial charge < -0.3 is 20.4 Å². The summed E-state index contributed by atoms with van der Waals surface area (Å²) in [4.78, 5) is 31.0. The third-order valence-electron chi connectivity index (χ3n) is 7.03. The minimum Gasteiger partial charge on any atom is -0.380 e. The van der Waals surface area contributed by atoms with Crippen molar-refractivity contribution >= 4 is 23.6 Å². The predicted octanol–water partition coefficient (Wildman–Crippen LogP) is 3.61. The van der Waals surface area contributed by atoms with E-state index in [4.69, 9.17) is 0 Å². The van der Waals surface area contributed by atoms with Crippen LogP contribution in [-0.4, -0.2) is 44.1 Å². The van der Waals surface area contributed by atoms with Crippen molar-refractivity contribution < 1.29 is 19.8 Å². The van der Waals surface area contributed by atoms with Gasteiger partial charge in [-0.15, -0.1) is 11.8 Å². The molecule has 8 heteroatoms. The normalized spacial score (nSPS) is 20.8. The highest BCUT2D eigenvalue weighted by Crippen LogP contribution is 2.48. The third kappa shape index (κ3) is 5.32. The SMILES string of the molecule is CC(NC(=O)C(O)C(O)C(=O)N1Cc2ccccc2C1)c1ccc(C2SC=CC2c2ccncc2)cc1. The zero-order valence-corrected chi connectivity index (χ0v) is 21.2. The highest BCUT2D eigenvalue weighted by Gasteiger charge is 2.36. The second-order valence-corrected chi connectivity index (χ2v) is 10.5. The Morgan fingerprint density at radius 1 is 0.946 bits per heavy atom. The smallest absolute Gasteiger partial charge is 0.255 e. The minimum atomic E-state index is -1.86. The number of benzene rings is 2. The molecule has 0 saturated carbocycles. The van der Waals surface area contributed by atoms with Gasteiger partial charge in [0.1, 0.15) is 0 Å². The Balaban J connectivity index is 1.18. The Morgan fingerprint density at radius 3 is 2.24 bits per heavy atom. The van der Waals surface area contributed by atoms with Crippen LogP contribution in [0, 0.1) is 0 Å². The zero-order chi connectivity index (χ0) is 25.9. The monoisotopic (exact) mass is 515 g/mol. The van der Waals surface area contributed by atoms with Crippen molar-refractivity contribution in [2.24, 2.45) is 0 Å². The van der Waals surface area contributed by atoms with E-state index in [1.165, 1.54) is 16.0 Å². The van der Waals surface area contributed by atoms with Crippen molar-refractivity contribution in [1.29, 1.82) is 0 Å². The number of hydrogen-bond acceptors (Lipinski definition) is 6. The molecule has 7 nitrogen and oxygen atoms in total. The van der Waals surface area contributed by atoms with Crippen molar-refractivity contribution in [2.45, 2.75) is 49.4 Å². The van der Waals surface area contributed by atoms with E-state index in [9.17, 15) is 19.8 Å². The number of hydrogen-bond donors (Lipinski definition) is 3. The molecule has 0 spiro atoms. The Hall–Kier alpha value is -3.46. The molecule has 5 rings (SSSR count). The summed E-state index contributed by atoms with van der Waals surface area (Å²) in [6.07, 6.45) is 2.12. The van der Waals surface area contributed by atoms with Gasteiger partial charge in [0.15, 0.2) is 12.2 Å². The van der Waals surface area contributed by atoms with Crippen LogP contribution >= 0.6 is 11.8 Å². The van der Waals surface area contributed by atoms with Crippen LogP contribution in [0.1, 0.15) is 52.0 Å². The lowest BCUT2D eigenvalue weighted by Crippen LogP contribution is -2.50. The van der Waals surface area contributed by atoms with Crippen LogP contribution in [-0.2, 0) is 22.7 Å². The summed E-state index contributed by atoms with van der Waals surface area (Å²) < 4.78 is 0. The number of aliphatic hydroxyl groups is 2. The fourth-order valence-electron chi connectivity index (χ4n) is 4.87. The maximum atomic E-state index is 12.7. The first-order chi connectivity index (χ1) is 17.9. The molecule has 2 aliphatic heterocycles. The second kappa shape index (κ2) is 10.9. The Morgan fingerprint density at radius 2 is 1.59 bits per heavy atom. The molecule has 5 atom stereocenters. The number of rotatable bonds is 7. The van der Waals surface area contributed by atoms with E-state index in [0.717, 1.165) is 16.7 Å². The third-order valence-corrected chi connectivity index (χ3v) is 8.20. The van der Waals surface area contributed by atoms with Crippen molar-refractivity contribution in [2.75, 3.05) is 0 Å². The number of fused-ring (bicyclic) bond motifs is 1. The van der Waals surface area contributed by atoms with Crippen LogP contribution in [0.5, 0.6) is 0 Å². The van der Waals surface area contributed by atoms with Gasteiger partial charge in [0.2, 0.25) is 0 Å². The number of allylic oxidation sites excluding steroid dienone is 1. The van der Waals surface area contributed by atoms with Crippen LogP contribution < -0.4 is 5.32 Å². The maximum absolute atomic E-state index is 12.7. The lowest BCUT2D eigenvalue weighted by molar-refractivity contribution is -0.153. The van der Waals surface area contributed by atoms with Crippen LogP contribution in [0.4, 0.5) is 0 Å². The van der Waals surface area contributed by atoms with Gasteiger partial charge in [-0.2, -0.15) is 0 Å². The number of aliphatic hydroxyl groups excluding tert-OH is 2. The Bertz CT molecular complexity index is 1270. The zero-order valence-electron chi connectivity index (χ0n) is 20.4. The molecular weight excluding hydrogens is 486 g/mol. The van der Waals surface area contributed by atoms with Crippen molar-refractivity contribution in [1.82, 2.24) is 15.2 Å². The molecule has 3 heterocycles. The van der Waals surface area contributed by atoms with Gasteiger partial charge in [-0.05, 0) is 52.3 Å². The van der Waals surface area contributed by atoms with Crippen LogP contribution in [0.2, 0.25) is 0 Å². The van der Waals surface area contributed by atoms with E-state index < -0.39 is 30.1 Å². The summed E-state index contributed by atoms with van der Waals surface area (Å²) in [5.74, 6) is -1.20. The molecule has 0 fully saturated rings. The number of thioether (sulfide) groups is 1. The summed E-state index contributed by atoms with van der Waals surface area (Å²) >= 11 is 1.77. The van der Waals surface area contributed by atoms with Gasteiger partial charge in [-0.1, -0.05) is 54.6 Å². The predicted molar refractivity (Wildman–Crippen MR) is 142 cm³/mol. The summed E-state index contributed by atoms with van der Waals surface area (Å²) in [7, 11) is 0. The summed E-state index contributed by atoms with van der Waals surface area (Å²) in [6, 6.07) is 19.3. The second-order valence-electron chi connectivity index (χ2n) is 9.44. The van der Waals surface area contributed by atoms with Gasteiger partial charge in [-0.25, -0.2) is 0 Å². The number of amides is 2. The number of aromatic nitrogens is 1. The molecule has 1 aromatic heterocycles. The molecule has 0 radical (unpaired) electrons. The summed E-state index contributed by atoms with van der Waals surface area (Å²) in [5.41, 5.74) is 5.24. The number of nitrogens with zero attached hydrogens (tertiary/aromatic N) is 2. The standard InChI is InChI=1S/C29H29N3O4S/c1-18(19-6-8-21(9-7-19)27-24(12-15-37-27)20-10-13-30-14-11-20)31-28(35)25(33)26(34)29(36)32-16-22-4-2-3-5-23(22)17-32/h2-15,18,24-27,33-34H,16-17H2,1H3,(H,31,35). The van der Waals surface area contributed by atoms with Crippen LogP contribution in [0.15, 0.2) is 84.5 Å². The van der Waals surface area contributed by atoms with Crippen LogP contribution in [0.3, 0.4) is 0 Å². The van der Waals surface area contributed by atoms with E-state index in [0.29, 0.717) is 13.1 Å². The van der Waals surface area contributed by atoms with Gasteiger partial charge in [0.05, 0.1) is 6.04 Å². The first-order valence-corrected chi connectivity index (χ1v) is 13.2. The topological polar surface area (TPSA) is 103 Å². The van der Waals surface area contributed by atoms with E-state index in [1.807, 2.05) is 48.5 Å².